The molecule has 4 nitrogen and oxygen atoms in total. The van der Waals surface area contributed by atoms with E-state index in [1.165, 1.54) is 19.3 Å². The minimum atomic E-state index is -0.104. The molecule has 2 heterocycles. The van der Waals surface area contributed by atoms with Crippen LogP contribution in [0.5, 0.6) is 0 Å². The number of likely N-dealkylation sites (N-methyl/N-ethyl adjacent to an activating group) is 1. The monoisotopic (exact) mass is 280 g/mol. The number of hydrogen-bond acceptors (Lipinski definition) is 3. The average molecular weight is 280 g/mol. The zero-order valence-electron chi connectivity index (χ0n) is 12.7. The van der Waals surface area contributed by atoms with E-state index in [-0.39, 0.29) is 11.5 Å². The van der Waals surface area contributed by atoms with Crippen LogP contribution in [-0.4, -0.2) is 49.7 Å². The van der Waals surface area contributed by atoms with Crippen molar-refractivity contribution in [3.8, 4) is 0 Å². The molecule has 3 fully saturated rings. The number of hydrogen-bond donors (Lipinski definition) is 1. The molecule has 2 aliphatic heterocycles. The molecule has 3 aliphatic rings. The minimum absolute atomic E-state index is 0.104. The summed E-state index contributed by atoms with van der Waals surface area (Å²) in [6.07, 6.45) is 7.32. The molecule has 1 unspecified atom stereocenters. The fraction of sp³-hybridized carbons (Fsp3) is 0.938. The van der Waals surface area contributed by atoms with Crippen molar-refractivity contribution < 1.29 is 9.53 Å². The van der Waals surface area contributed by atoms with Gasteiger partial charge in [0.25, 0.3) is 0 Å². The van der Waals surface area contributed by atoms with Crippen molar-refractivity contribution in [3.63, 3.8) is 0 Å². The molecule has 2 saturated heterocycles. The van der Waals surface area contributed by atoms with Gasteiger partial charge >= 0.3 is 0 Å². The maximum absolute atomic E-state index is 13.2. The first-order valence-corrected chi connectivity index (χ1v) is 8.38. The average Bonchev–Trinajstić information content (AvgIpc) is 3.13. The van der Waals surface area contributed by atoms with Crippen molar-refractivity contribution in [3.05, 3.63) is 0 Å². The first-order valence-electron chi connectivity index (χ1n) is 8.38. The van der Waals surface area contributed by atoms with Crippen molar-refractivity contribution >= 4 is 5.91 Å². The lowest BCUT2D eigenvalue weighted by Gasteiger charge is -2.41. The number of carbonyl (C=O) groups excluding carboxylic acids is 1. The van der Waals surface area contributed by atoms with Gasteiger partial charge in [-0.1, -0.05) is 12.8 Å². The van der Waals surface area contributed by atoms with Gasteiger partial charge in [0, 0.05) is 26.2 Å². The van der Waals surface area contributed by atoms with Gasteiger partial charge in [-0.25, -0.2) is 0 Å². The first kappa shape index (κ1) is 14.3. The van der Waals surface area contributed by atoms with Gasteiger partial charge in [-0.05, 0) is 45.1 Å². The zero-order chi connectivity index (χ0) is 14.0. The zero-order valence-corrected chi connectivity index (χ0v) is 12.7. The van der Waals surface area contributed by atoms with E-state index in [1.54, 1.807) is 0 Å². The van der Waals surface area contributed by atoms with Gasteiger partial charge in [0.15, 0.2) is 0 Å². The van der Waals surface area contributed by atoms with E-state index in [9.17, 15) is 4.79 Å². The van der Waals surface area contributed by atoms with Crippen molar-refractivity contribution in [2.75, 3.05) is 32.8 Å². The van der Waals surface area contributed by atoms with E-state index in [1.807, 2.05) is 0 Å². The fourth-order valence-electron chi connectivity index (χ4n) is 4.37. The number of carbonyl (C=O) groups is 1. The third-order valence-corrected chi connectivity index (χ3v) is 5.58. The Morgan fingerprint density at radius 3 is 3.00 bits per heavy atom. The first-order chi connectivity index (χ1) is 9.76. The number of nitrogens with zero attached hydrogens (tertiary/aromatic N) is 1. The summed E-state index contributed by atoms with van der Waals surface area (Å²) in [4.78, 5) is 15.2. The Hall–Kier alpha value is -0.610. The summed E-state index contributed by atoms with van der Waals surface area (Å²) in [5.74, 6) is 0.951. The standard InChI is InChI=1S/C16H28N2O2/c1-2-18(11-14-7-5-9-20-14)15(19)16-8-4-3-6-13(16)10-17-12-16/h13-14,17H,2-12H2,1H3/t13-,14?,16+/m0/s1. The van der Waals surface area contributed by atoms with Gasteiger partial charge in [-0.3, -0.25) is 4.79 Å². The fourth-order valence-corrected chi connectivity index (χ4v) is 4.37. The Labute approximate surface area is 122 Å². The Morgan fingerprint density at radius 2 is 2.25 bits per heavy atom. The summed E-state index contributed by atoms with van der Waals surface area (Å²) in [5, 5.41) is 3.48. The predicted octanol–water partition coefficient (Wildman–Crippen LogP) is 1.79. The molecule has 1 saturated carbocycles. The highest BCUT2D eigenvalue weighted by molar-refractivity contribution is 5.84. The summed E-state index contributed by atoms with van der Waals surface area (Å²) in [6.45, 7) is 6.49. The van der Waals surface area contributed by atoms with E-state index in [2.05, 4.69) is 17.1 Å². The Morgan fingerprint density at radius 1 is 1.35 bits per heavy atom. The Balaban J connectivity index is 1.71. The normalized spacial score (nSPS) is 36.9. The number of rotatable bonds is 4. The number of fused-ring (bicyclic) bond motifs is 1. The molecule has 0 bridgehead atoms. The van der Waals surface area contributed by atoms with Crippen LogP contribution in [0.3, 0.4) is 0 Å². The highest BCUT2D eigenvalue weighted by Gasteiger charge is 2.51. The topological polar surface area (TPSA) is 41.6 Å². The van der Waals surface area contributed by atoms with Gasteiger partial charge in [0.05, 0.1) is 11.5 Å². The van der Waals surface area contributed by atoms with Crippen LogP contribution >= 0.6 is 0 Å². The molecule has 114 valence electrons. The summed E-state index contributed by atoms with van der Waals surface area (Å²) < 4.78 is 5.72. The van der Waals surface area contributed by atoms with Crippen LogP contribution in [0.1, 0.15) is 45.4 Å². The second kappa shape index (κ2) is 6.02. The largest absolute Gasteiger partial charge is 0.376 e. The van der Waals surface area contributed by atoms with E-state index in [0.29, 0.717) is 11.8 Å². The molecule has 0 aromatic carbocycles. The Bertz CT molecular complexity index is 354. The van der Waals surface area contributed by atoms with Gasteiger partial charge in [-0.15, -0.1) is 0 Å². The lowest BCUT2D eigenvalue weighted by Crippen LogP contribution is -2.51. The van der Waals surface area contributed by atoms with Crippen LogP contribution in [-0.2, 0) is 9.53 Å². The van der Waals surface area contributed by atoms with Crippen LogP contribution in [0, 0.1) is 11.3 Å². The Kier molecular flexibility index (Phi) is 4.32. The van der Waals surface area contributed by atoms with Crippen molar-refractivity contribution in [2.45, 2.75) is 51.6 Å². The van der Waals surface area contributed by atoms with Crippen LogP contribution in [0.2, 0.25) is 0 Å². The second-order valence-electron chi connectivity index (χ2n) is 6.71. The SMILES string of the molecule is CCN(CC1CCCO1)C(=O)[C@@]12CCCC[C@H]1CNC2. The van der Waals surface area contributed by atoms with Crippen molar-refractivity contribution in [2.24, 2.45) is 11.3 Å². The minimum Gasteiger partial charge on any atom is -0.376 e. The maximum Gasteiger partial charge on any atom is 0.230 e. The third kappa shape index (κ3) is 2.48. The molecule has 0 aromatic rings. The number of nitrogens with one attached hydrogen (secondary N) is 1. The third-order valence-electron chi connectivity index (χ3n) is 5.58. The van der Waals surface area contributed by atoms with Gasteiger partial charge in [0.1, 0.15) is 0 Å². The molecule has 1 amide bonds. The smallest absolute Gasteiger partial charge is 0.230 e. The maximum atomic E-state index is 13.2. The molecule has 1 aliphatic carbocycles. The molecular formula is C16H28N2O2. The van der Waals surface area contributed by atoms with E-state index >= 15 is 0 Å². The lowest BCUT2D eigenvalue weighted by atomic mass is 9.67. The summed E-state index contributed by atoms with van der Waals surface area (Å²) in [5.41, 5.74) is -0.104. The van der Waals surface area contributed by atoms with Crippen molar-refractivity contribution in [1.82, 2.24) is 10.2 Å². The number of amides is 1. The van der Waals surface area contributed by atoms with E-state index in [4.69, 9.17) is 4.74 Å². The molecule has 4 heteroatoms. The summed E-state index contributed by atoms with van der Waals surface area (Å²) in [7, 11) is 0. The predicted molar refractivity (Wildman–Crippen MR) is 78.5 cm³/mol. The van der Waals surface area contributed by atoms with Crippen LogP contribution in [0.25, 0.3) is 0 Å². The molecule has 0 aromatic heterocycles. The van der Waals surface area contributed by atoms with Crippen LogP contribution in [0.4, 0.5) is 0 Å². The molecule has 0 spiro atoms. The van der Waals surface area contributed by atoms with Gasteiger partial charge in [0.2, 0.25) is 5.91 Å². The molecule has 20 heavy (non-hydrogen) atoms. The molecule has 3 rings (SSSR count). The summed E-state index contributed by atoms with van der Waals surface area (Å²) >= 11 is 0. The van der Waals surface area contributed by atoms with Crippen LogP contribution in [0.15, 0.2) is 0 Å². The molecular weight excluding hydrogens is 252 g/mol. The van der Waals surface area contributed by atoms with Crippen molar-refractivity contribution in [1.29, 1.82) is 0 Å². The highest BCUT2D eigenvalue weighted by Crippen LogP contribution is 2.45. The van der Waals surface area contributed by atoms with Gasteiger partial charge in [-0.2, -0.15) is 0 Å². The molecule has 0 radical (unpaired) electrons. The summed E-state index contributed by atoms with van der Waals surface area (Å²) in [6, 6.07) is 0. The molecule has 3 atom stereocenters. The van der Waals surface area contributed by atoms with E-state index in [0.717, 1.165) is 52.0 Å². The quantitative estimate of drug-likeness (QED) is 0.853. The number of ether oxygens (including phenoxy) is 1. The second-order valence-corrected chi connectivity index (χ2v) is 6.71. The van der Waals surface area contributed by atoms with Crippen LogP contribution < -0.4 is 5.32 Å². The highest BCUT2D eigenvalue weighted by atomic mass is 16.5. The molecule has 1 N–H and O–H groups in total. The van der Waals surface area contributed by atoms with E-state index < -0.39 is 0 Å². The lowest BCUT2D eigenvalue weighted by molar-refractivity contribution is -0.146. The van der Waals surface area contributed by atoms with Gasteiger partial charge < -0.3 is 15.0 Å².